The van der Waals surface area contributed by atoms with Crippen molar-refractivity contribution in [3.63, 3.8) is 0 Å². The van der Waals surface area contributed by atoms with E-state index < -0.39 is 0 Å². The first-order valence-corrected chi connectivity index (χ1v) is 14.1. The Bertz CT molecular complexity index is 1330. The molecule has 0 spiro atoms. The minimum Gasteiger partial charge on any atom is -0.487 e. The second kappa shape index (κ2) is 11.8. The summed E-state index contributed by atoms with van der Waals surface area (Å²) in [5, 5.41) is 16.3. The summed E-state index contributed by atoms with van der Waals surface area (Å²) in [4.78, 5) is 4.36. The van der Waals surface area contributed by atoms with Crippen LogP contribution in [0.15, 0.2) is 66.9 Å². The number of tetrazole rings is 1. The van der Waals surface area contributed by atoms with Gasteiger partial charge >= 0.3 is 0 Å². The summed E-state index contributed by atoms with van der Waals surface area (Å²) in [5.41, 5.74) is 5.42. The molecule has 7 heteroatoms. The Kier molecular flexibility index (Phi) is 7.61. The molecule has 4 aromatic rings. The number of hydrogen-bond donors (Lipinski definition) is 1. The normalized spacial score (nSPS) is 15.9. The predicted octanol–water partition coefficient (Wildman–Crippen LogP) is 7.30. The van der Waals surface area contributed by atoms with Gasteiger partial charge in [-0.1, -0.05) is 50.3 Å². The molecule has 2 aromatic carbocycles. The minimum atomic E-state index is 0.467. The SMILES string of the molecule is c1ccc(COc2ccc(Nc3cccc(-c4nnnn4CCCC4CCCCC4)c3)c(C3CC3)c2)nc1. The van der Waals surface area contributed by atoms with Crippen molar-refractivity contribution >= 4 is 11.4 Å². The molecule has 2 aromatic heterocycles. The maximum atomic E-state index is 6.05. The van der Waals surface area contributed by atoms with Crippen LogP contribution < -0.4 is 10.1 Å². The fourth-order valence-corrected chi connectivity index (χ4v) is 5.58. The van der Waals surface area contributed by atoms with E-state index in [0.717, 1.165) is 53.1 Å². The molecule has 2 saturated carbocycles. The molecular weight excluding hydrogens is 472 g/mol. The van der Waals surface area contributed by atoms with Crippen molar-refractivity contribution in [2.24, 2.45) is 5.92 Å². The lowest BCUT2D eigenvalue weighted by Crippen LogP contribution is -2.09. The summed E-state index contributed by atoms with van der Waals surface area (Å²) >= 11 is 0. The van der Waals surface area contributed by atoms with Crippen LogP contribution in [-0.4, -0.2) is 25.2 Å². The summed E-state index contributed by atoms with van der Waals surface area (Å²) < 4.78 is 8.02. The zero-order valence-corrected chi connectivity index (χ0v) is 21.9. The Hall–Kier alpha value is -3.74. The van der Waals surface area contributed by atoms with Crippen molar-refractivity contribution in [1.29, 1.82) is 0 Å². The van der Waals surface area contributed by atoms with Gasteiger partial charge in [0.05, 0.1) is 5.69 Å². The molecule has 2 heterocycles. The quantitative estimate of drug-likeness (QED) is 0.229. The van der Waals surface area contributed by atoms with Gasteiger partial charge in [0.25, 0.3) is 0 Å². The van der Waals surface area contributed by atoms with Crippen LogP contribution in [0.4, 0.5) is 11.4 Å². The molecule has 0 radical (unpaired) electrons. The molecule has 2 aliphatic rings. The third-order valence-corrected chi connectivity index (χ3v) is 7.79. The van der Waals surface area contributed by atoms with Crippen molar-refractivity contribution in [1.82, 2.24) is 25.2 Å². The van der Waals surface area contributed by atoms with Crippen LogP contribution in [-0.2, 0) is 13.2 Å². The molecule has 2 aliphatic carbocycles. The molecule has 2 fully saturated rings. The Labute approximate surface area is 224 Å². The van der Waals surface area contributed by atoms with E-state index in [9.17, 15) is 0 Å². The first-order valence-electron chi connectivity index (χ1n) is 14.1. The van der Waals surface area contributed by atoms with Crippen molar-refractivity contribution in [3.8, 4) is 17.1 Å². The van der Waals surface area contributed by atoms with E-state index in [4.69, 9.17) is 4.74 Å². The summed E-state index contributed by atoms with van der Waals surface area (Å²) in [6.07, 6.45) is 13.6. The third kappa shape index (κ3) is 6.21. The largest absolute Gasteiger partial charge is 0.487 e. The first kappa shape index (κ1) is 24.6. The molecular formula is C31H36N6O. The highest BCUT2D eigenvalue weighted by Gasteiger charge is 2.27. The molecule has 0 bridgehead atoms. The van der Waals surface area contributed by atoms with Crippen molar-refractivity contribution in [2.45, 2.75) is 76.9 Å². The number of aromatic nitrogens is 5. The van der Waals surface area contributed by atoms with Crippen LogP contribution >= 0.6 is 0 Å². The van der Waals surface area contributed by atoms with Crippen LogP contribution in [0.3, 0.4) is 0 Å². The van der Waals surface area contributed by atoms with Gasteiger partial charge in [0.1, 0.15) is 12.4 Å². The van der Waals surface area contributed by atoms with Gasteiger partial charge in [0.2, 0.25) is 0 Å². The van der Waals surface area contributed by atoms with Crippen LogP contribution in [0.1, 0.15) is 75.0 Å². The van der Waals surface area contributed by atoms with Crippen LogP contribution in [0, 0.1) is 5.92 Å². The fourth-order valence-electron chi connectivity index (χ4n) is 5.58. The summed E-state index contributed by atoms with van der Waals surface area (Å²) in [6.45, 7) is 1.33. The maximum absolute atomic E-state index is 6.05. The molecule has 0 atom stereocenters. The van der Waals surface area contributed by atoms with E-state index in [0.29, 0.717) is 12.5 Å². The highest BCUT2D eigenvalue weighted by atomic mass is 16.5. The third-order valence-electron chi connectivity index (χ3n) is 7.79. The Morgan fingerprint density at radius 3 is 2.68 bits per heavy atom. The van der Waals surface area contributed by atoms with Crippen molar-refractivity contribution in [2.75, 3.05) is 5.32 Å². The van der Waals surface area contributed by atoms with E-state index in [1.54, 1.807) is 6.20 Å². The topological polar surface area (TPSA) is 77.8 Å². The lowest BCUT2D eigenvalue weighted by molar-refractivity contribution is 0.301. The number of aryl methyl sites for hydroxylation is 1. The monoisotopic (exact) mass is 508 g/mol. The van der Waals surface area contributed by atoms with Gasteiger partial charge in [0, 0.05) is 29.7 Å². The number of benzene rings is 2. The summed E-state index contributed by atoms with van der Waals surface area (Å²) in [7, 11) is 0. The van der Waals surface area contributed by atoms with Gasteiger partial charge in [0.15, 0.2) is 5.82 Å². The first-order chi connectivity index (χ1) is 18.8. The number of nitrogens with one attached hydrogen (secondary N) is 1. The van der Waals surface area contributed by atoms with E-state index >= 15 is 0 Å². The van der Waals surface area contributed by atoms with Gasteiger partial charge in [-0.25, -0.2) is 4.68 Å². The molecule has 1 N–H and O–H groups in total. The maximum Gasteiger partial charge on any atom is 0.182 e. The zero-order chi connectivity index (χ0) is 25.6. The highest BCUT2D eigenvalue weighted by molar-refractivity contribution is 5.70. The lowest BCUT2D eigenvalue weighted by Gasteiger charge is -2.21. The number of rotatable bonds is 11. The number of anilines is 2. The van der Waals surface area contributed by atoms with Crippen LogP contribution in [0.5, 0.6) is 5.75 Å². The molecule has 0 amide bonds. The van der Waals surface area contributed by atoms with Crippen molar-refractivity contribution in [3.05, 3.63) is 78.1 Å². The number of ether oxygens (including phenoxy) is 1. The highest BCUT2D eigenvalue weighted by Crippen LogP contribution is 2.45. The summed E-state index contributed by atoms with van der Waals surface area (Å²) in [5.74, 6) is 3.17. The van der Waals surface area contributed by atoms with Crippen LogP contribution in [0.2, 0.25) is 0 Å². The second-order valence-electron chi connectivity index (χ2n) is 10.7. The second-order valence-corrected chi connectivity index (χ2v) is 10.7. The number of pyridine rings is 1. The zero-order valence-electron chi connectivity index (χ0n) is 21.9. The molecule has 0 unspecified atom stereocenters. The Balaban J connectivity index is 1.13. The van der Waals surface area contributed by atoms with Gasteiger partial charge in [-0.2, -0.15) is 0 Å². The van der Waals surface area contributed by atoms with E-state index in [1.165, 1.54) is 56.9 Å². The molecule has 38 heavy (non-hydrogen) atoms. The predicted molar refractivity (Wildman–Crippen MR) is 149 cm³/mol. The van der Waals surface area contributed by atoms with Gasteiger partial charge in [-0.3, -0.25) is 4.98 Å². The Morgan fingerprint density at radius 1 is 0.921 bits per heavy atom. The molecule has 0 saturated heterocycles. The minimum absolute atomic E-state index is 0.467. The number of hydrogen-bond acceptors (Lipinski definition) is 6. The van der Waals surface area contributed by atoms with Gasteiger partial charge in [-0.05, 0) is 96.0 Å². The molecule has 196 valence electrons. The smallest absolute Gasteiger partial charge is 0.182 e. The molecule has 7 nitrogen and oxygen atoms in total. The summed E-state index contributed by atoms with van der Waals surface area (Å²) in [6, 6.07) is 20.6. The van der Waals surface area contributed by atoms with Crippen LogP contribution in [0.25, 0.3) is 11.4 Å². The van der Waals surface area contributed by atoms with Gasteiger partial charge < -0.3 is 10.1 Å². The Morgan fingerprint density at radius 2 is 1.84 bits per heavy atom. The average Bonchev–Trinajstić information content (AvgIpc) is 3.71. The van der Waals surface area contributed by atoms with E-state index in [1.807, 2.05) is 28.9 Å². The lowest BCUT2D eigenvalue weighted by atomic mass is 9.86. The average molecular weight is 509 g/mol. The van der Waals surface area contributed by atoms with Gasteiger partial charge in [-0.15, -0.1) is 5.10 Å². The molecule has 0 aliphatic heterocycles. The number of nitrogens with zero attached hydrogens (tertiary/aromatic N) is 5. The van der Waals surface area contributed by atoms with Crippen molar-refractivity contribution < 1.29 is 4.74 Å². The van der Waals surface area contributed by atoms with E-state index in [2.05, 4.69) is 62.2 Å². The fraction of sp³-hybridized carbons (Fsp3) is 0.419. The van der Waals surface area contributed by atoms with E-state index in [-0.39, 0.29) is 0 Å². The standard InChI is InChI=1S/C31H36N6O/c1-2-8-23(9-3-1)10-7-19-37-31(34-35-36-37)25-11-6-13-26(20-25)33-30-17-16-28(21-29(30)24-14-15-24)38-22-27-12-4-5-18-32-27/h4-6,11-13,16-18,20-21,23-24,33H,1-3,7-10,14-15,19,22H2. The molecule has 6 rings (SSSR count).